The van der Waals surface area contributed by atoms with Gasteiger partial charge in [0, 0.05) is 25.0 Å². The summed E-state index contributed by atoms with van der Waals surface area (Å²) in [5.74, 6) is -0.0124. The van der Waals surface area contributed by atoms with Gasteiger partial charge in [0.1, 0.15) is 5.82 Å². The topological polar surface area (TPSA) is 49.5 Å². The molecule has 3 atom stereocenters. The Morgan fingerprint density at radius 3 is 2.72 bits per heavy atom. The van der Waals surface area contributed by atoms with Crippen LogP contribution < -0.4 is 10.6 Å². The van der Waals surface area contributed by atoms with E-state index in [9.17, 15) is 9.50 Å². The van der Waals surface area contributed by atoms with Gasteiger partial charge in [-0.05, 0) is 31.9 Å². The molecule has 1 fully saturated rings. The van der Waals surface area contributed by atoms with E-state index in [1.165, 1.54) is 6.07 Å². The highest BCUT2D eigenvalue weighted by molar-refractivity contribution is 5.56. The second-order valence-corrected chi connectivity index (χ2v) is 5.20. The van der Waals surface area contributed by atoms with Crippen LogP contribution in [0.4, 0.5) is 10.1 Å². The zero-order valence-electron chi connectivity index (χ0n) is 10.9. The lowest BCUT2D eigenvalue weighted by Crippen LogP contribution is -2.26. The first-order chi connectivity index (χ1) is 8.50. The number of aliphatic hydroxyl groups excluding tert-OH is 1. The van der Waals surface area contributed by atoms with Crippen molar-refractivity contribution in [3.63, 3.8) is 0 Å². The van der Waals surface area contributed by atoms with E-state index < -0.39 is 0 Å². The largest absolute Gasteiger partial charge is 0.393 e. The van der Waals surface area contributed by atoms with Gasteiger partial charge < -0.3 is 15.7 Å². The van der Waals surface area contributed by atoms with Gasteiger partial charge in [-0.25, -0.2) is 4.39 Å². The Labute approximate surface area is 107 Å². The number of halogens is 1. The number of benzene rings is 1. The summed E-state index contributed by atoms with van der Waals surface area (Å²) in [4.78, 5) is 2.01. The molecule has 0 amide bonds. The third-order valence-corrected chi connectivity index (χ3v) is 3.73. The van der Waals surface area contributed by atoms with Crippen LogP contribution in [0.15, 0.2) is 18.2 Å². The second kappa shape index (κ2) is 5.24. The fraction of sp³-hybridized carbons (Fsp3) is 0.571. The quantitative estimate of drug-likeness (QED) is 0.865. The van der Waals surface area contributed by atoms with Crippen LogP contribution >= 0.6 is 0 Å². The number of hydrogen-bond donors (Lipinski definition) is 2. The molecule has 2 rings (SSSR count). The van der Waals surface area contributed by atoms with Crippen LogP contribution in [0.25, 0.3) is 0 Å². The molecular formula is C14H21FN2O. The fourth-order valence-corrected chi connectivity index (χ4v) is 2.62. The Morgan fingerprint density at radius 1 is 1.44 bits per heavy atom. The lowest BCUT2D eigenvalue weighted by atomic mass is 10.0. The summed E-state index contributed by atoms with van der Waals surface area (Å²) >= 11 is 0. The van der Waals surface area contributed by atoms with Crippen molar-refractivity contribution in [2.45, 2.75) is 32.4 Å². The Bertz CT molecular complexity index is 420. The standard InChI is InChI=1S/C14H21FN2O/c1-9(16)12-4-3-5-13(15)14(12)17-7-6-11(8-17)10(2)18/h3-5,9-11,18H,6-8,16H2,1-2H3/t9-,10?,11?/m1/s1. The molecule has 0 aromatic heterocycles. The van der Waals surface area contributed by atoms with Crippen LogP contribution in [0.1, 0.15) is 31.9 Å². The summed E-state index contributed by atoms with van der Waals surface area (Å²) in [5, 5.41) is 9.62. The van der Waals surface area contributed by atoms with Gasteiger partial charge in [-0.3, -0.25) is 0 Å². The third-order valence-electron chi connectivity index (χ3n) is 3.73. The van der Waals surface area contributed by atoms with Crippen molar-refractivity contribution in [3.05, 3.63) is 29.6 Å². The number of hydrogen-bond acceptors (Lipinski definition) is 3. The number of aliphatic hydroxyl groups is 1. The lowest BCUT2D eigenvalue weighted by molar-refractivity contribution is 0.136. The lowest BCUT2D eigenvalue weighted by Gasteiger charge is -2.24. The van der Waals surface area contributed by atoms with Crippen LogP contribution in [0.2, 0.25) is 0 Å². The molecule has 0 bridgehead atoms. The maximum atomic E-state index is 14.0. The molecular weight excluding hydrogens is 231 g/mol. The molecule has 1 aliphatic heterocycles. The van der Waals surface area contributed by atoms with E-state index in [1.807, 2.05) is 17.9 Å². The molecule has 1 saturated heterocycles. The Kier molecular flexibility index (Phi) is 3.88. The molecule has 1 aliphatic rings. The van der Waals surface area contributed by atoms with Crippen LogP contribution in [0, 0.1) is 11.7 Å². The van der Waals surface area contributed by atoms with E-state index in [-0.39, 0.29) is 23.9 Å². The van der Waals surface area contributed by atoms with Crippen molar-refractivity contribution in [2.75, 3.05) is 18.0 Å². The van der Waals surface area contributed by atoms with Gasteiger partial charge in [-0.1, -0.05) is 12.1 Å². The third kappa shape index (κ3) is 2.49. The molecule has 4 heteroatoms. The summed E-state index contributed by atoms with van der Waals surface area (Å²) in [6, 6.07) is 4.84. The van der Waals surface area contributed by atoms with E-state index in [1.54, 1.807) is 13.0 Å². The summed E-state index contributed by atoms with van der Waals surface area (Å²) in [6.45, 7) is 5.12. The minimum absolute atomic E-state index is 0.193. The van der Waals surface area contributed by atoms with Crippen LogP contribution in [0.5, 0.6) is 0 Å². The van der Waals surface area contributed by atoms with Gasteiger partial charge in [0.15, 0.2) is 0 Å². The van der Waals surface area contributed by atoms with Gasteiger partial charge in [0.2, 0.25) is 0 Å². The molecule has 1 heterocycles. The van der Waals surface area contributed by atoms with Gasteiger partial charge in [0.05, 0.1) is 11.8 Å². The normalized spacial score (nSPS) is 23.2. The fourth-order valence-electron chi connectivity index (χ4n) is 2.62. The van der Waals surface area contributed by atoms with Crippen LogP contribution in [-0.2, 0) is 0 Å². The Morgan fingerprint density at radius 2 is 2.17 bits per heavy atom. The van der Waals surface area contributed by atoms with Crippen molar-refractivity contribution >= 4 is 5.69 Å². The number of nitrogens with two attached hydrogens (primary N) is 1. The van der Waals surface area contributed by atoms with Crippen molar-refractivity contribution < 1.29 is 9.50 Å². The van der Waals surface area contributed by atoms with E-state index in [0.717, 1.165) is 18.5 Å². The summed E-state index contributed by atoms with van der Waals surface area (Å²) < 4.78 is 14.0. The minimum Gasteiger partial charge on any atom is -0.393 e. The van der Waals surface area contributed by atoms with Crippen molar-refractivity contribution in [1.29, 1.82) is 0 Å². The number of rotatable bonds is 3. The van der Waals surface area contributed by atoms with E-state index in [2.05, 4.69) is 0 Å². The molecule has 1 aromatic rings. The predicted octanol–water partition coefficient (Wildman–Crippen LogP) is 2.05. The average molecular weight is 252 g/mol. The van der Waals surface area contributed by atoms with Gasteiger partial charge in [0.25, 0.3) is 0 Å². The van der Waals surface area contributed by atoms with E-state index in [4.69, 9.17) is 5.73 Å². The molecule has 100 valence electrons. The SMILES string of the molecule is CC(O)C1CCN(c2c(F)cccc2[C@@H](C)N)C1. The second-order valence-electron chi connectivity index (χ2n) is 5.20. The van der Waals surface area contributed by atoms with E-state index >= 15 is 0 Å². The molecule has 3 N–H and O–H groups in total. The molecule has 0 saturated carbocycles. The van der Waals surface area contributed by atoms with E-state index in [0.29, 0.717) is 12.2 Å². The molecule has 3 nitrogen and oxygen atoms in total. The first-order valence-electron chi connectivity index (χ1n) is 6.47. The first-order valence-corrected chi connectivity index (χ1v) is 6.47. The van der Waals surface area contributed by atoms with Gasteiger partial charge in [-0.2, -0.15) is 0 Å². The Hall–Kier alpha value is -1.13. The first kappa shape index (κ1) is 13.3. The molecule has 0 aliphatic carbocycles. The van der Waals surface area contributed by atoms with Crippen molar-refractivity contribution in [2.24, 2.45) is 11.7 Å². The maximum absolute atomic E-state index is 14.0. The highest BCUT2D eigenvalue weighted by Gasteiger charge is 2.29. The van der Waals surface area contributed by atoms with Gasteiger partial charge >= 0.3 is 0 Å². The number of nitrogens with zero attached hydrogens (tertiary/aromatic N) is 1. The summed E-state index contributed by atoms with van der Waals surface area (Å²) in [5.41, 5.74) is 7.34. The summed E-state index contributed by atoms with van der Waals surface area (Å²) in [6.07, 6.45) is 0.547. The molecule has 1 aromatic carbocycles. The predicted molar refractivity (Wildman–Crippen MR) is 71.0 cm³/mol. The maximum Gasteiger partial charge on any atom is 0.146 e. The Balaban J connectivity index is 2.29. The number of para-hydroxylation sites is 1. The minimum atomic E-state index is -0.347. The van der Waals surface area contributed by atoms with Gasteiger partial charge in [-0.15, -0.1) is 0 Å². The molecule has 0 radical (unpaired) electrons. The highest BCUT2D eigenvalue weighted by atomic mass is 19.1. The van der Waals surface area contributed by atoms with Crippen molar-refractivity contribution in [1.82, 2.24) is 0 Å². The smallest absolute Gasteiger partial charge is 0.146 e. The molecule has 18 heavy (non-hydrogen) atoms. The van der Waals surface area contributed by atoms with Crippen LogP contribution in [-0.4, -0.2) is 24.3 Å². The van der Waals surface area contributed by atoms with Crippen molar-refractivity contribution in [3.8, 4) is 0 Å². The zero-order valence-corrected chi connectivity index (χ0v) is 10.9. The number of anilines is 1. The summed E-state index contributed by atoms with van der Waals surface area (Å²) in [7, 11) is 0. The van der Waals surface area contributed by atoms with Crippen LogP contribution in [0.3, 0.4) is 0 Å². The monoisotopic (exact) mass is 252 g/mol. The highest BCUT2D eigenvalue weighted by Crippen LogP contribution is 2.33. The molecule has 2 unspecified atom stereocenters. The molecule has 0 spiro atoms. The zero-order chi connectivity index (χ0) is 13.3. The average Bonchev–Trinajstić information content (AvgIpc) is 2.77.